The molecular formula is C17H14N4. The van der Waals surface area contributed by atoms with Crippen LogP contribution in [0.25, 0.3) is 33.1 Å². The van der Waals surface area contributed by atoms with Crippen LogP contribution in [0.5, 0.6) is 0 Å². The van der Waals surface area contributed by atoms with Gasteiger partial charge in [0.2, 0.25) is 0 Å². The van der Waals surface area contributed by atoms with Gasteiger partial charge in [-0.3, -0.25) is 15.1 Å². The number of benzene rings is 1. The van der Waals surface area contributed by atoms with Crippen LogP contribution in [0.15, 0.2) is 42.7 Å². The molecule has 1 aromatic carbocycles. The maximum atomic E-state index is 4.54. The van der Waals surface area contributed by atoms with E-state index in [2.05, 4.69) is 45.3 Å². The second kappa shape index (κ2) is 4.38. The van der Waals surface area contributed by atoms with E-state index in [0.29, 0.717) is 0 Å². The van der Waals surface area contributed by atoms with Crippen LogP contribution in [0, 0.1) is 13.8 Å². The fourth-order valence-corrected chi connectivity index (χ4v) is 2.73. The fraction of sp³-hybridized carbons (Fsp3) is 0.118. The van der Waals surface area contributed by atoms with Gasteiger partial charge in [0.1, 0.15) is 5.69 Å². The molecule has 102 valence electrons. The van der Waals surface area contributed by atoms with Gasteiger partial charge in [0.05, 0.1) is 11.0 Å². The number of aryl methyl sites for hydroxylation is 2. The van der Waals surface area contributed by atoms with Gasteiger partial charge >= 0.3 is 0 Å². The van der Waals surface area contributed by atoms with Gasteiger partial charge in [0.15, 0.2) is 0 Å². The van der Waals surface area contributed by atoms with E-state index in [4.69, 9.17) is 0 Å². The van der Waals surface area contributed by atoms with Crippen LogP contribution >= 0.6 is 0 Å². The summed E-state index contributed by atoms with van der Waals surface area (Å²) in [6, 6.07) is 10.2. The molecule has 4 rings (SSSR count). The van der Waals surface area contributed by atoms with E-state index in [9.17, 15) is 0 Å². The van der Waals surface area contributed by atoms with Gasteiger partial charge in [-0.25, -0.2) is 0 Å². The average Bonchev–Trinajstić information content (AvgIpc) is 2.94. The highest BCUT2D eigenvalue weighted by molar-refractivity contribution is 6.08. The molecule has 4 heteroatoms. The van der Waals surface area contributed by atoms with Crippen molar-refractivity contribution in [3.05, 3.63) is 54.0 Å². The third-order valence-electron chi connectivity index (χ3n) is 3.81. The molecule has 0 aliphatic carbocycles. The Balaban J connectivity index is 2.07. The largest absolute Gasteiger partial charge is 0.277 e. The number of rotatable bonds is 1. The Kier molecular flexibility index (Phi) is 2.51. The molecule has 4 aromatic rings. The lowest BCUT2D eigenvalue weighted by Gasteiger charge is -2.04. The van der Waals surface area contributed by atoms with Crippen molar-refractivity contribution in [3.63, 3.8) is 0 Å². The Bertz CT molecular complexity index is 969. The van der Waals surface area contributed by atoms with Crippen molar-refractivity contribution in [2.75, 3.05) is 0 Å². The van der Waals surface area contributed by atoms with E-state index in [-0.39, 0.29) is 0 Å². The minimum atomic E-state index is 0.971. The first-order valence-corrected chi connectivity index (χ1v) is 6.89. The van der Waals surface area contributed by atoms with Gasteiger partial charge in [0.25, 0.3) is 0 Å². The van der Waals surface area contributed by atoms with Crippen LogP contribution in [0.2, 0.25) is 0 Å². The minimum absolute atomic E-state index is 0.971. The van der Waals surface area contributed by atoms with E-state index in [0.717, 1.165) is 44.3 Å². The fourth-order valence-electron chi connectivity index (χ4n) is 2.73. The Labute approximate surface area is 121 Å². The first kappa shape index (κ1) is 12.0. The van der Waals surface area contributed by atoms with Gasteiger partial charge in [-0.05, 0) is 49.7 Å². The summed E-state index contributed by atoms with van der Waals surface area (Å²) in [6.07, 6.45) is 3.70. The van der Waals surface area contributed by atoms with Gasteiger partial charge in [-0.2, -0.15) is 5.10 Å². The summed E-state index contributed by atoms with van der Waals surface area (Å²) < 4.78 is 0. The third-order valence-corrected chi connectivity index (χ3v) is 3.81. The summed E-state index contributed by atoms with van der Waals surface area (Å²) >= 11 is 0. The molecule has 0 spiro atoms. The Morgan fingerprint density at radius 2 is 1.90 bits per heavy atom. The summed E-state index contributed by atoms with van der Waals surface area (Å²) in [4.78, 5) is 8.72. The number of H-pyrrole nitrogens is 1. The number of pyridine rings is 2. The lowest BCUT2D eigenvalue weighted by Crippen LogP contribution is -1.89. The smallest absolute Gasteiger partial charge is 0.100 e. The van der Waals surface area contributed by atoms with Gasteiger partial charge in [0, 0.05) is 34.4 Å². The highest BCUT2D eigenvalue weighted by Crippen LogP contribution is 2.32. The zero-order valence-electron chi connectivity index (χ0n) is 11.9. The van der Waals surface area contributed by atoms with Gasteiger partial charge in [-0.1, -0.05) is 0 Å². The molecular weight excluding hydrogens is 260 g/mol. The number of hydrogen-bond donors (Lipinski definition) is 1. The molecule has 0 aliphatic heterocycles. The summed E-state index contributed by atoms with van der Waals surface area (Å²) in [5.41, 5.74) is 6.22. The minimum Gasteiger partial charge on any atom is -0.277 e. The molecule has 0 amide bonds. The van der Waals surface area contributed by atoms with Crippen LogP contribution in [0.3, 0.4) is 0 Å². The highest BCUT2D eigenvalue weighted by atomic mass is 15.1. The van der Waals surface area contributed by atoms with Gasteiger partial charge < -0.3 is 0 Å². The normalized spacial score (nSPS) is 11.3. The third kappa shape index (κ3) is 1.80. The lowest BCUT2D eigenvalue weighted by molar-refractivity contribution is 1.11. The first-order chi connectivity index (χ1) is 10.2. The standard InChI is InChI=1S/C17H14N4/c1-10-9-19-11(2)8-14(10)17-13-5-6-15-12(4-3-7-18-15)16(13)20-21-17/h3-9H,1-2H3,(H,20,21). The second-order valence-electron chi connectivity index (χ2n) is 5.27. The van der Waals surface area contributed by atoms with E-state index < -0.39 is 0 Å². The summed E-state index contributed by atoms with van der Waals surface area (Å²) in [7, 11) is 0. The Morgan fingerprint density at radius 3 is 2.81 bits per heavy atom. The van der Waals surface area contributed by atoms with E-state index in [1.165, 1.54) is 0 Å². The number of fused-ring (bicyclic) bond motifs is 3. The van der Waals surface area contributed by atoms with Gasteiger partial charge in [-0.15, -0.1) is 0 Å². The number of aromatic amines is 1. The number of aromatic nitrogens is 4. The van der Waals surface area contributed by atoms with Crippen LogP contribution in [-0.4, -0.2) is 20.2 Å². The molecule has 3 heterocycles. The predicted octanol–water partition coefficient (Wildman–Crippen LogP) is 3.79. The Morgan fingerprint density at radius 1 is 1.00 bits per heavy atom. The van der Waals surface area contributed by atoms with Crippen LogP contribution in [0.4, 0.5) is 0 Å². The van der Waals surface area contributed by atoms with Crippen molar-refractivity contribution in [1.82, 2.24) is 20.2 Å². The number of nitrogens with zero attached hydrogens (tertiary/aromatic N) is 3. The van der Waals surface area contributed by atoms with Crippen molar-refractivity contribution in [2.45, 2.75) is 13.8 Å². The highest BCUT2D eigenvalue weighted by Gasteiger charge is 2.13. The van der Waals surface area contributed by atoms with Crippen molar-refractivity contribution in [3.8, 4) is 11.3 Å². The molecule has 21 heavy (non-hydrogen) atoms. The monoisotopic (exact) mass is 274 g/mol. The summed E-state index contributed by atoms with van der Waals surface area (Å²) in [6.45, 7) is 4.06. The molecule has 0 saturated heterocycles. The molecule has 0 bridgehead atoms. The van der Waals surface area contributed by atoms with E-state index in [1.54, 1.807) is 0 Å². The lowest BCUT2D eigenvalue weighted by atomic mass is 10.0. The quantitative estimate of drug-likeness (QED) is 0.574. The average molecular weight is 274 g/mol. The summed E-state index contributed by atoms with van der Waals surface area (Å²) in [5.74, 6) is 0. The Hall–Kier alpha value is -2.75. The van der Waals surface area contributed by atoms with Crippen LogP contribution in [0.1, 0.15) is 11.3 Å². The molecule has 0 atom stereocenters. The number of hydrogen-bond acceptors (Lipinski definition) is 3. The SMILES string of the molecule is Cc1cc(-c2n[nH]c3c2ccc2ncccc23)c(C)cn1. The molecule has 0 saturated carbocycles. The maximum absolute atomic E-state index is 4.54. The second-order valence-corrected chi connectivity index (χ2v) is 5.27. The van der Waals surface area contributed by atoms with Crippen molar-refractivity contribution in [2.24, 2.45) is 0 Å². The number of nitrogens with one attached hydrogen (secondary N) is 1. The molecule has 0 unspecified atom stereocenters. The molecule has 0 fully saturated rings. The van der Waals surface area contributed by atoms with Crippen LogP contribution < -0.4 is 0 Å². The molecule has 0 radical (unpaired) electrons. The predicted molar refractivity (Wildman–Crippen MR) is 84.1 cm³/mol. The maximum Gasteiger partial charge on any atom is 0.100 e. The first-order valence-electron chi connectivity index (χ1n) is 6.89. The topological polar surface area (TPSA) is 54.5 Å². The van der Waals surface area contributed by atoms with Crippen molar-refractivity contribution < 1.29 is 0 Å². The summed E-state index contributed by atoms with van der Waals surface area (Å²) in [5, 5.41) is 9.91. The zero-order chi connectivity index (χ0) is 14.4. The zero-order valence-corrected chi connectivity index (χ0v) is 11.9. The van der Waals surface area contributed by atoms with Crippen LogP contribution in [-0.2, 0) is 0 Å². The molecule has 1 N–H and O–H groups in total. The molecule has 4 nitrogen and oxygen atoms in total. The van der Waals surface area contributed by atoms with Crippen molar-refractivity contribution in [1.29, 1.82) is 0 Å². The molecule has 0 aliphatic rings. The molecule has 3 aromatic heterocycles. The van der Waals surface area contributed by atoms with Crippen molar-refractivity contribution >= 4 is 21.8 Å². The van der Waals surface area contributed by atoms with E-state index in [1.807, 2.05) is 31.5 Å². The van der Waals surface area contributed by atoms with E-state index >= 15 is 0 Å².